The fraction of sp³-hybridized carbons (Fsp3) is 0.381. The van der Waals surface area contributed by atoms with E-state index in [4.69, 9.17) is 9.29 Å². The van der Waals surface area contributed by atoms with Gasteiger partial charge in [0.25, 0.3) is 16.0 Å². The van der Waals surface area contributed by atoms with E-state index in [0.717, 1.165) is 5.56 Å². The van der Waals surface area contributed by atoms with Gasteiger partial charge < -0.3 is 9.64 Å². The molecule has 0 radical (unpaired) electrons. The lowest BCUT2D eigenvalue weighted by Crippen LogP contribution is -2.58. The van der Waals surface area contributed by atoms with Crippen LogP contribution in [0.2, 0.25) is 0 Å². The summed E-state index contributed by atoms with van der Waals surface area (Å²) in [6.07, 6.45) is 0. The Morgan fingerprint density at radius 2 is 1.70 bits per heavy atom. The lowest BCUT2D eigenvalue weighted by molar-refractivity contribution is -0.139. The van der Waals surface area contributed by atoms with Crippen molar-refractivity contribution in [2.75, 3.05) is 19.7 Å². The first-order valence-corrected chi connectivity index (χ1v) is 11.1. The maximum atomic E-state index is 13.1. The standard InChI is InChI=1S/C21H25FN2O5S/c1-15-12-24(16(2)11-23(15)13-17-3-5-18(22)6-4-17)21(25)14-29-19-7-9-20(10-8-19)30(26,27)28/h3-10,15-16H,11-14H2,1-2H3,(H,26,27,28). The summed E-state index contributed by atoms with van der Waals surface area (Å²) in [5, 5.41) is 0. The second-order valence-corrected chi connectivity index (χ2v) is 8.96. The van der Waals surface area contributed by atoms with E-state index < -0.39 is 10.1 Å². The maximum Gasteiger partial charge on any atom is 0.294 e. The number of amides is 1. The van der Waals surface area contributed by atoms with Crippen molar-refractivity contribution in [1.82, 2.24) is 9.80 Å². The molecule has 2 aromatic carbocycles. The molecule has 1 heterocycles. The van der Waals surface area contributed by atoms with Crippen LogP contribution in [0.4, 0.5) is 4.39 Å². The highest BCUT2D eigenvalue weighted by Crippen LogP contribution is 2.20. The molecule has 7 nitrogen and oxygen atoms in total. The molecule has 2 unspecified atom stereocenters. The molecule has 0 spiro atoms. The minimum atomic E-state index is -4.27. The number of nitrogens with zero attached hydrogens (tertiary/aromatic N) is 2. The first kappa shape index (κ1) is 22.2. The predicted octanol–water partition coefficient (Wildman–Crippen LogP) is 2.57. The number of carbonyl (C=O) groups excluding carboxylic acids is 1. The van der Waals surface area contributed by atoms with Crippen LogP contribution in [0.15, 0.2) is 53.4 Å². The SMILES string of the molecule is CC1CN(C(=O)COc2ccc(S(=O)(=O)O)cc2)C(C)CN1Cc1ccc(F)cc1. The van der Waals surface area contributed by atoms with Gasteiger partial charge in [-0.3, -0.25) is 14.2 Å². The number of hydrogen-bond acceptors (Lipinski definition) is 5. The van der Waals surface area contributed by atoms with Crippen molar-refractivity contribution in [1.29, 1.82) is 0 Å². The van der Waals surface area contributed by atoms with Crippen LogP contribution < -0.4 is 4.74 Å². The number of halogens is 1. The summed E-state index contributed by atoms with van der Waals surface area (Å²) in [7, 11) is -4.27. The molecular weight excluding hydrogens is 411 g/mol. The van der Waals surface area contributed by atoms with Crippen LogP contribution in [0.5, 0.6) is 5.75 Å². The van der Waals surface area contributed by atoms with E-state index in [9.17, 15) is 17.6 Å². The normalized spacial score (nSPS) is 20.2. The largest absolute Gasteiger partial charge is 0.484 e. The average molecular weight is 437 g/mol. The molecule has 0 aromatic heterocycles. The van der Waals surface area contributed by atoms with Crippen LogP contribution in [-0.2, 0) is 21.5 Å². The third-order valence-electron chi connectivity index (χ3n) is 5.22. The van der Waals surface area contributed by atoms with Gasteiger partial charge in [-0.15, -0.1) is 0 Å². The highest BCUT2D eigenvalue weighted by Gasteiger charge is 2.32. The summed E-state index contributed by atoms with van der Waals surface area (Å²) < 4.78 is 49.7. The third kappa shape index (κ3) is 5.56. The molecule has 3 rings (SSSR count). The molecule has 1 fully saturated rings. The lowest BCUT2D eigenvalue weighted by Gasteiger charge is -2.44. The van der Waals surface area contributed by atoms with E-state index in [1.807, 2.05) is 13.8 Å². The number of piperazine rings is 1. The topological polar surface area (TPSA) is 87.1 Å². The van der Waals surface area contributed by atoms with Gasteiger partial charge in [-0.25, -0.2) is 4.39 Å². The molecule has 0 bridgehead atoms. The van der Waals surface area contributed by atoms with Gasteiger partial charge in [0.1, 0.15) is 11.6 Å². The molecule has 1 aliphatic rings. The Kier molecular flexibility index (Phi) is 6.74. The summed E-state index contributed by atoms with van der Waals surface area (Å²) >= 11 is 0. The number of rotatable bonds is 6. The van der Waals surface area contributed by atoms with Crippen LogP contribution in [-0.4, -0.2) is 60.5 Å². The molecule has 9 heteroatoms. The van der Waals surface area contributed by atoms with Crippen molar-refractivity contribution in [2.24, 2.45) is 0 Å². The van der Waals surface area contributed by atoms with E-state index in [1.165, 1.54) is 36.4 Å². The Morgan fingerprint density at radius 3 is 2.30 bits per heavy atom. The van der Waals surface area contributed by atoms with Gasteiger partial charge in [0.15, 0.2) is 6.61 Å². The minimum absolute atomic E-state index is 0.0142. The summed E-state index contributed by atoms with van der Waals surface area (Å²) in [5.74, 6) is -0.0794. The summed E-state index contributed by atoms with van der Waals surface area (Å²) in [6.45, 7) is 5.77. The zero-order valence-corrected chi connectivity index (χ0v) is 17.7. The van der Waals surface area contributed by atoms with Gasteiger partial charge in [0.05, 0.1) is 4.90 Å². The van der Waals surface area contributed by atoms with E-state index in [0.29, 0.717) is 25.4 Å². The Balaban J connectivity index is 1.55. The number of benzene rings is 2. The minimum Gasteiger partial charge on any atom is -0.484 e. The lowest BCUT2D eigenvalue weighted by atomic mass is 10.1. The van der Waals surface area contributed by atoms with Gasteiger partial charge in [-0.05, 0) is 55.8 Å². The first-order chi connectivity index (χ1) is 14.1. The molecule has 1 saturated heterocycles. The fourth-order valence-corrected chi connectivity index (χ4v) is 4.01. The molecule has 1 amide bonds. The van der Waals surface area contributed by atoms with E-state index in [2.05, 4.69) is 4.90 Å². The zero-order valence-electron chi connectivity index (χ0n) is 16.9. The Labute approximate surface area is 175 Å². The predicted molar refractivity (Wildman–Crippen MR) is 109 cm³/mol. The monoisotopic (exact) mass is 436 g/mol. The van der Waals surface area contributed by atoms with E-state index in [-0.39, 0.29) is 35.3 Å². The fourth-order valence-electron chi connectivity index (χ4n) is 3.53. The average Bonchev–Trinajstić information content (AvgIpc) is 2.70. The highest BCUT2D eigenvalue weighted by molar-refractivity contribution is 7.85. The highest BCUT2D eigenvalue weighted by atomic mass is 32.2. The number of hydrogen-bond donors (Lipinski definition) is 1. The molecule has 0 aliphatic carbocycles. The zero-order chi connectivity index (χ0) is 21.9. The van der Waals surface area contributed by atoms with E-state index in [1.54, 1.807) is 17.0 Å². The second-order valence-electron chi connectivity index (χ2n) is 7.54. The molecule has 1 N–H and O–H groups in total. The molecule has 2 aromatic rings. The van der Waals surface area contributed by atoms with Crippen LogP contribution in [0, 0.1) is 5.82 Å². The van der Waals surface area contributed by atoms with Crippen LogP contribution in [0.3, 0.4) is 0 Å². The van der Waals surface area contributed by atoms with Crippen molar-refractivity contribution in [3.8, 4) is 5.75 Å². The number of carbonyl (C=O) groups is 1. The van der Waals surface area contributed by atoms with Crippen molar-refractivity contribution < 1.29 is 26.9 Å². The van der Waals surface area contributed by atoms with Crippen molar-refractivity contribution in [2.45, 2.75) is 37.4 Å². The number of ether oxygens (including phenoxy) is 1. The Hall–Kier alpha value is -2.49. The van der Waals surface area contributed by atoms with Gasteiger partial charge in [0.2, 0.25) is 0 Å². The van der Waals surface area contributed by atoms with Gasteiger partial charge in [-0.2, -0.15) is 8.42 Å². The van der Waals surface area contributed by atoms with Gasteiger partial charge >= 0.3 is 0 Å². The van der Waals surface area contributed by atoms with Crippen molar-refractivity contribution in [3.05, 3.63) is 59.9 Å². The third-order valence-corrected chi connectivity index (χ3v) is 6.09. The van der Waals surface area contributed by atoms with E-state index >= 15 is 0 Å². The van der Waals surface area contributed by atoms with Crippen LogP contribution >= 0.6 is 0 Å². The Morgan fingerprint density at radius 1 is 1.07 bits per heavy atom. The first-order valence-electron chi connectivity index (χ1n) is 9.62. The Bertz CT molecular complexity index is 979. The summed E-state index contributed by atoms with van der Waals surface area (Å²) in [4.78, 5) is 16.5. The maximum absolute atomic E-state index is 13.1. The molecule has 162 valence electrons. The van der Waals surface area contributed by atoms with Crippen LogP contribution in [0.1, 0.15) is 19.4 Å². The van der Waals surface area contributed by atoms with Gasteiger partial charge in [-0.1, -0.05) is 12.1 Å². The van der Waals surface area contributed by atoms with Crippen molar-refractivity contribution >= 4 is 16.0 Å². The van der Waals surface area contributed by atoms with Crippen molar-refractivity contribution in [3.63, 3.8) is 0 Å². The smallest absolute Gasteiger partial charge is 0.294 e. The quantitative estimate of drug-likeness (QED) is 0.701. The molecule has 1 aliphatic heterocycles. The summed E-state index contributed by atoms with van der Waals surface area (Å²) in [5.41, 5.74) is 1.02. The van der Waals surface area contributed by atoms with Crippen LogP contribution in [0.25, 0.3) is 0 Å². The molecule has 0 saturated carbocycles. The van der Waals surface area contributed by atoms with Gasteiger partial charge in [0, 0.05) is 31.7 Å². The molecule has 30 heavy (non-hydrogen) atoms. The summed E-state index contributed by atoms with van der Waals surface area (Å²) in [6, 6.07) is 11.8. The molecule has 2 atom stereocenters. The second kappa shape index (κ2) is 9.11. The molecular formula is C21H25FN2O5S.